The Kier molecular flexibility index (Phi) is 7.59. The molecule has 2 aliphatic rings. The number of carbonyl (C=O) groups excluding carboxylic acids is 1. The summed E-state index contributed by atoms with van der Waals surface area (Å²) >= 11 is 12.5. The first-order valence-electron chi connectivity index (χ1n) is 11.1. The maximum Gasteiger partial charge on any atom is 0.255 e. The first-order valence-corrected chi connectivity index (χ1v) is 13.4. The molecular formula is C23H28Cl2N3O5S+. The van der Waals surface area contributed by atoms with E-state index in [2.05, 4.69) is 4.72 Å². The molecule has 34 heavy (non-hydrogen) atoms. The van der Waals surface area contributed by atoms with E-state index in [0.717, 1.165) is 36.7 Å². The number of hydrogen-bond donors (Lipinski definition) is 2. The Bertz CT molecular complexity index is 1180. The van der Waals surface area contributed by atoms with Gasteiger partial charge < -0.3 is 19.3 Å². The maximum atomic E-state index is 13.2. The lowest BCUT2D eigenvalue weighted by Crippen LogP contribution is -3.13. The van der Waals surface area contributed by atoms with Gasteiger partial charge in [-0.25, -0.2) is 13.1 Å². The summed E-state index contributed by atoms with van der Waals surface area (Å²) in [6.45, 7) is 7.69. The molecule has 1 amide bonds. The Morgan fingerprint density at radius 1 is 1.09 bits per heavy atom. The molecule has 0 bridgehead atoms. The van der Waals surface area contributed by atoms with Gasteiger partial charge in [0, 0.05) is 12.1 Å². The van der Waals surface area contributed by atoms with Gasteiger partial charge in [-0.15, -0.1) is 0 Å². The highest BCUT2D eigenvalue weighted by Gasteiger charge is 2.29. The molecule has 0 unspecified atom stereocenters. The van der Waals surface area contributed by atoms with Crippen LogP contribution in [0.3, 0.4) is 0 Å². The molecule has 4 rings (SSSR count). The van der Waals surface area contributed by atoms with E-state index >= 15 is 0 Å². The fraction of sp³-hybridized carbons (Fsp3) is 0.435. The number of amides is 1. The third kappa shape index (κ3) is 5.60. The Hall–Kier alpha value is -2.04. The van der Waals surface area contributed by atoms with Gasteiger partial charge in [0.15, 0.2) is 11.5 Å². The lowest BCUT2D eigenvalue weighted by molar-refractivity contribution is -0.917. The molecule has 1 saturated heterocycles. The second-order valence-electron chi connectivity index (χ2n) is 8.91. The van der Waals surface area contributed by atoms with Gasteiger partial charge in [-0.05, 0) is 36.2 Å². The van der Waals surface area contributed by atoms with Crippen molar-refractivity contribution in [2.24, 2.45) is 5.92 Å². The molecule has 11 heteroatoms. The second-order valence-corrected chi connectivity index (χ2v) is 11.5. The Labute approximate surface area is 209 Å². The molecule has 2 heterocycles. The molecule has 0 aromatic heterocycles. The highest BCUT2D eigenvalue weighted by atomic mass is 35.5. The van der Waals surface area contributed by atoms with Crippen LogP contribution in [0, 0.1) is 5.92 Å². The molecule has 0 radical (unpaired) electrons. The number of fused-ring (bicyclic) bond motifs is 1. The Morgan fingerprint density at radius 2 is 1.79 bits per heavy atom. The van der Waals surface area contributed by atoms with Crippen LogP contribution in [0.4, 0.5) is 0 Å². The van der Waals surface area contributed by atoms with Crippen LogP contribution in [0.2, 0.25) is 10.0 Å². The molecule has 184 valence electrons. The molecule has 0 aliphatic carbocycles. The van der Waals surface area contributed by atoms with E-state index in [9.17, 15) is 13.2 Å². The summed E-state index contributed by atoms with van der Waals surface area (Å²) in [5.74, 6) is 1.34. The van der Waals surface area contributed by atoms with E-state index in [1.54, 1.807) is 4.90 Å². The summed E-state index contributed by atoms with van der Waals surface area (Å²) in [5.41, 5.74) is 1.28. The summed E-state index contributed by atoms with van der Waals surface area (Å²) in [6, 6.07) is 8.54. The van der Waals surface area contributed by atoms with Crippen LogP contribution in [0.5, 0.6) is 11.5 Å². The minimum absolute atomic E-state index is 0.0178. The number of piperazine rings is 1. The predicted molar refractivity (Wildman–Crippen MR) is 129 cm³/mol. The van der Waals surface area contributed by atoms with Crippen LogP contribution in [-0.4, -0.2) is 58.7 Å². The van der Waals surface area contributed by atoms with Gasteiger partial charge in [-0.1, -0.05) is 37.0 Å². The van der Waals surface area contributed by atoms with E-state index in [-0.39, 0.29) is 45.7 Å². The smallest absolute Gasteiger partial charge is 0.255 e. The van der Waals surface area contributed by atoms with Crippen LogP contribution in [0.25, 0.3) is 0 Å². The highest BCUT2D eigenvalue weighted by molar-refractivity contribution is 7.89. The van der Waals surface area contributed by atoms with Crippen LogP contribution in [0.1, 0.15) is 29.8 Å². The zero-order valence-electron chi connectivity index (χ0n) is 19.1. The first kappa shape index (κ1) is 25.1. The number of halogens is 2. The van der Waals surface area contributed by atoms with E-state index in [1.165, 1.54) is 17.0 Å². The van der Waals surface area contributed by atoms with Crippen molar-refractivity contribution in [3.8, 4) is 11.5 Å². The molecule has 2 aromatic carbocycles. The van der Waals surface area contributed by atoms with Crippen molar-refractivity contribution < 1.29 is 27.6 Å². The average Bonchev–Trinajstić information content (AvgIpc) is 3.26. The molecule has 2 N–H and O–H groups in total. The first-order chi connectivity index (χ1) is 16.1. The lowest BCUT2D eigenvalue weighted by Gasteiger charge is -2.32. The molecule has 0 spiro atoms. The minimum atomic E-state index is -3.87. The summed E-state index contributed by atoms with van der Waals surface area (Å²) in [6.07, 6.45) is 0. The summed E-state index contributed by atoms with van der Waals surface area (Å²) in [7, 11) is -3.87. The van der Waals surface area contributed by atoms with Crippen LogP contribution < -0.4 is 19.1 Å². The van der Waals surface area contributed by atoms with Crippen molar-refractivity contribution in [1.82, 2.24) is 9.62 Å². The van der Waals surface area contributed by atoms with Crippen molar-refractivity contribution in [3.63, 3.8) is 0 Å². The topological polar surface area (TPSA) is 89.4 Å². The molecule has 0 atom stereocenters. The number of quaternary nitrogens is 1. The summed E-state index contributed by atoms with van der Waals surface area (Å²) in [5, 5.41) is 0.115. The molecule has 2 aromatic rings. The zero-order valence-corrected chi connectivity index (χ0v) is 21.4. The zero-order chi connectivity index (χ0) is 24.5. The van der Waals surface area contributed by atoms with E-state index in [0.29, 0.717) is 13.1 Å². The number of benzene rings is 2. The van der Waals surface area contributed by atoms with Crippen LogP contribution >= 0.6 is 23.2 Å². The molecule has 1 fully saturated rings. The number of rotatable bonds is 7. The second kappa shape index (κ2) is 10.3. The number of hydrogen-bond acceptors (Lipinski definition) is 5. The number of sulfonamides is 1. The van der Waals surface area contributed by atoms with E-state index in [4.69, 9.17) is 32.7 Å². The standard InChI is InChI=1S/C23H27Cl2N3O5S/c1-15(2)12-26-34(30,31)22-10-17(18(24)11-19(22)25)23(29)28-7-5-27(6-8-28)13-16-3-4-20-21(9-16)33-14-32-20/h3-4,9-11,15,26H,5-8,12-14H2,1-2H3/p+1. The van der Waals surface area contributed by atoms with Gasteiger partial charge in [-0.2, -0.15) is 0 Å². The van der Waals surface area contributed by atoms with Gasteiger partial charge in [0.25, 0.3) is 5.91 Å². The Balaban J connectivity index is 1.42. The normalized spacial score (nSPS) is 16.3. The monoisotopic (exact) mass is 528 g/mol. The quantitative estimate of drug-likeness (QED) is 0.574. The van der Waals surface area contributed by atoms with Gasteiger partial charge in [0.1, 0.15) is 11.4 Å². The third-order valence-electron chi connectivity index (χ3n) is 5.87. The predicted octanol–water partition coefficient (Wildman–Crippen LogP) is 2.20. The van der Waals surface area contributed by atoms with Crippen molar-refractivity contribution in [2.75, 3.05) is 39.5 Å². The van der Waals surface area contributed by atoms with Gasteiger partial charge in [0.2, 0.25) is 16.8 Å². The SMILES string of the molecule is CC(C)CNS(=O)(=O)c1cc(C(=O)N2CC[NH+](Cc3ccc4c(c3)OCO4)CC2)c(Cl)cc1Cl. The number of ether oxygens (including phenoxy) is 2. The fourth-order valence-electron chi connectivity index (χ4n) is 3.97. The van der Waals surface area contributed by atoms with Crippen LogP contribution in [0.15, 0.2) is 35.2 Å². The van der Waals surface area contributed by atoms with Gasteiger partial charge in [0.05, 0.1) is 41.8 Å². The van der Waals surface area contributed by atoms with Crippen molar-refractivity contribution in [2.45, 2.75) is 25.3 Å². The van der Waals surface area contributed by atoms with Gasteiger partial charge in [-0.3, -0.25) is 4.79 Å². The van der Waals surface area contributed by atoms with Crippen molar-refractivity contribution in [3.05, 3.63) is 51.5 Å². The van der Waals surface area contributed by atoms with E-state index in [1.807, 2.05) is 32.0 Å². The highest BCUT2D eigenvalue weighted by Crippen LogP contribution is 2.32. The average molecular weight is 529 g/mol. The summed E-state index contributed by atoms with van der Waals surface area (Å²) in [4.78, 5) is 16.1. The fourth-order valence-corrected chi connectivity index (χ4v) is 6.03. The third-order valence-corrected chi connectivity index (χ3v) is 8.07. The minimum Gasteiger partial charge on any atom is -0.454 e. The molecular weight excluding hydrogens is 501 g/mol. The largest absolute Gasteiger partial charge is 0.454 e. The molecule has 8 nitrogen and oxygen atoms in total. The number of nitrogens with one attached hydrogen (secondary N) is 2. The molecule has 2 aliphatic heterocycles. The van der Waals surface area contributed by atoms with Crippen molar-refractivity contribution in [1.29, 1.82) is 0 Å². The summed E-state index contributed by atoms with van der Waals surface area (Å²) < 4.78 is 38.8. The van der Waals surface area contributed by atoms with Gasteiger partial charge >= 0.3 is 0 Å². The lowest BCUT2D eigenvalue weighted by atomic mass is 10.1. The molecule has 0 saturated carbocycles. The number of carbonyl (C=O) groups is 1. The van der Waals surface area contributed by atoms with Crippen LogP contribution in [-0.2, 0) is 16.6 Å². The number of nitrogens with zero attached hydrogens (tertiary/aromatic N) is 1. The Morgan fingerprint density at radius 3 is 2.50 bits per heavy atom. The van der Waals surface area contributed by atoms with E-state index < -0.39 is 10.0 Å². The maximum absolute atomic E-state index is 13.2. The van der Waals surface area contributed by atoms with Crippen molar-refractivity contribution >= 4 is 39.1 Å².